The largest absolute Gasteiger partial charge is 0.399 e. The van der Waals surface area contributed by atoms with E-state index < -0.39 is 0 Å². The Bertz CT molecular complexity index is 714. The standard InChI is InChI=1S/C12H11N3.C6H8N2/c13-10-6-8-12(9-7-10)15-14-11-4-2-1-3-5-11;7-5-1-2-6(8)4-3-5/h1-9H,13H2;1-4H,7-8H2. The normalized spacial score (nSPS) is 10.1. The summed E-state index contributed by atoms with van der Waals surface area (Å²) in [5.74, 6) is 0. The fourth-order valence-corrected chi connectivity index (χ4v) is 1.65. The minimum atomic E-state index is 0.730. The molecule has 0 amide bonds. The molecule has 0 saturated carbocycles. The molecule has 0 aliphatic rings. The Morgan fingerprint density at radius 1 is 0.435 bits per heavy atom. The number of nitrogen functional groups attached to an aromatic ring is 3. The van der Waals surface area contributed by atoms with Crippen molar-refractivity contribution < 1.29 is 0 Å². The van der Waals surface area contributed by atoms with E-state index in [4.69, 9.17) is 17.2 Å². The van der Waals surface area contributed by atoms with Crippen LogP contribution in [0.15, 0.2) is 89.1 Å². The van der Waals surface area contributed by atoms with Crippen molar-refractivity contribution in [2.45, 2.75) is 0 Å². The molecule has 0 spiro atoms. The van der Waals surface area contributed by atoms with E-state index in [-0.39, 0.29) is 0 Å². The molecule has 0 aromatic heterocycles. The van der Waals surface area contributed by atoms with Crippen molar-refractivity contribution in [3.05, 3.63) is 78.9 Å². The van der Waals surface area contributed by atoms with Gasteiger partial charge in [0.2, 0.25) is 0 Å². The zero-order valence-electron chi connectivity index (χ0n) is 12.6. The van der Waals surface area contributed by atoms with Crippen molar-refractivity contribution in [3.8, 4) is 0 Å². The minimum Gasteiger partial charge on any atom is -0.399 e. The van der Waals surface area contributed by atoms with Crippen LogP contribution >= 0.6 is 0 Å². The summed E-state index contributed by atoms with van der Waals surface area (Å²) < 4.78 is 0. The highest BCUT2D eigenvalue weighted by atomic mass is 15.1. The Morgan fingerprint density at radius 2 is 0.783 bits per heavy atom. The summed E-state index contributed by atoms with van der Waals surface area (Å²) in [4.78, 5) is 0. The molecule has 3 aromatic rings. The van der Waals surface area contributed by atoms with Crippen LogP contribution in [0.4, 0.5) is 28.4 Å². The number of rotatable bonds is 2. The molecule has 0 heterocycles. The zero-order chi connectivity index (χ0) is 16.5. The molecule has 0 aliphatic heterocycles. The molecule has 0 radical (unpaired) electrons. The molecule has 5 heteroatoms. The minimum absolute atomic E-state index is 0.730. The maximum Gasteiger partial charge on any atom is 0.0858 e. The van der Waals surface area contributed by atoms with Crippen LogP contribution in [-0.2, 0) is 0 Å². The second-order valence-corrected chi connectivity index (χ2v) is 4.79. The summed E-state index contributed by atoms with van der Waals surface area (Å²) >= 11 is 0. The van der Waals surface area contributed by atoms with E-state index in [2.05, 4.69) is 10.2 Å². The smallest absolute Gasteiger partial charge is 0.0858 e. The fourth-order valence-electron chi connectivity index (χ4n) is 1.65. The monoisotopic (exact) mass is 305 g/mol. The van der Waals surface area contributed by atoms with Gasteiger partial charge in [0.25, 0.3) is 0 Å². The van der Waals surface area contributed by atoms with Gasteiger partial charge in [-0.15, -0.1) is 0 Å². The Hall–Kier alpha value is -3.34. The van der Waals surface area contributed by atoms with Crippen molar-refractivity contribution in [1.29, 1.82) is 0 Å². The number of benzene rings is 3. The first-order chi connectivity index (χ1) is 11.1. The molecule has 116 valence electrons. The van der Waals surface area contributed by atoms with Gasteiger partial charge in [0.15, 0.2) is 0 Å². The van der Waals surface area contributed by atoms with Gasteiger partial charge in [-0.1, -0.05) is 18.2 Å². The first-order valence-electron chi connectivity index (χ1n) is 7.07. The predicted octanol–water partition coefficient (Wildman–Crippen LogP) is 4.54. The number of hydrogen-bond acceptors (Lipinski definition) is 5. The third kappa shape index (κ3) is 5.89. The Morgan fingerprint density at radius 3 is 1.22 bits per heavy atom. The van der Waals surface area contributed by atoms with Gasteiger partial charge in [0, 0.05) is 17.1 Å². The third-order valence-electron chi connectivity index (χ3n) is 2.87. The van der Waals surface area contributed by atoms with Crippen molar-refractivity contribution in [2.24, 2.45) is 10.2 Å². The second-order valence-electron chi connectivity index (χ2n) is 4.79. The van der Waals surface area contributed by atoms with E-state index in [9.17, 15) is 0 Å². The van der Waals surface area contributed by atoms with Gasteiger partial charge >= 0.3 is 0 Å². The average Bonchev–Trinajstić information content (AvgIpc) is 2.59. The summed E-state index contributed by atoms with van der Waals surface area (Å²) in [6, 6.07) is 24.0. The lowest BCUT2D eigenvalue weighted by Crippen LogP contribution is -1.86. The Kier molecular flexibility index (Phi) is 5.71. The number of hydrogen-bond donors (Lipinski definition) is 3. The van der Waals surface area contributed by atoms with Crippen LogP contribution in [0.5, 0.6) is 0 Å². The Balaban J connectivity index is 0.000000203. The van der Waals surface area contributed by atoms with Gasteiger partial charge in [0.1, 0.15) is 0 Å². The van der Waals surface area contributed by atoms with E-state index in [1.807, 2.05) is 42.5 Å². The molecule has 6 N–H and O–H groups in total. The summed E-state index contributed by atoms with van der Waals surface area (Å²) in [7, 11) is 0. The highest BCUT2D eigenvalue weighted by Gasteiger charge is 1.89. The van der Waals surface area contributed by atoms with Gasteiger partial charge in [0.05, 0.1) is 11.4 Å². The van der Waals surface area contributed by atoms with E-state index in [1.165, 1.54) is 0 Å². The number of anilines is 3. The molecule has 0 unspecified atom stereocenters. The van der Waals surface area contributed by atoms with Crippen molar-refractivity contribution in [3.63, 3.8) is 0 Å². The van der Waals surface area contributed by atoms with E-state index in [0.29, 0.717) is 0 Å². The molecule has 0 fully saturated rings. The van der Waals surface area contributed by atoms with Crippen LogP contribution in [0.25, 0.3) is 0 Å². The number of nitrogens with zero attached hydrogens (tertiary/aromatic N) is 2. The van der Waals surface area contributed by atoms with E-state index in [0.717, 1.165) is 28.4 Å². The van der Waals surface area contributed by atoms with Gasteiger partial charge in [-0.05, 0) is 60.7 Å². The van der Waals surface area contributed by atoms with Crippen LogP contribution in [0.2, 0.25) is 0 Å². The van der Waals surface area contributed by atoms with Gasteiger partial charge < -0.3 is 17.2 Å². The molecule has 0 saturated heterocycles. The highest BCUT2D eigenvalue weighted by Crippen LogP contribution is 2.18. The summed E-state index contributed by atoms with van der Waals surface area (Å²) in [6.07, 6.45) is 0. The molecular formula is C18H19N5. The predicted molar refractivity (Wildman–Crippen MR) is 96.7 cm³/mol. The SMILES string of the molecule is Nc1ccc(N)cc1.Nc1ccc(N=Nc2ccccc2)cc1. The lowest BCUT2D eigenvalue weighted by molar-refractivity contribution is 1.23. The summed E-state index contributed by atoms with van der Waals surface area (Å²) in [5.41, 5.74) is 20.2. The lowest BCUT2D eigenvalue weighted by atomic mass is 10.3. The maximum absolute atomic E-state index is 5.56. The maximum atomic E-state index is 5.56. The molecular weight excluding hydrogens is 286 g/mol. The number of azo groups is 1. The van der Waals surface area contributed by atoms with Crippen molar-refractivity contribution in [2.75, 3.05) is 17.2 Å². The summed E-state index contributed by atoms with van der Waals surface area (Å²) in [6.45, 7) is 0. The topological polar surface area (TPSA) is 103 Å². The molecule has 0 bridgehead atoms. The Labute approximate surface area is 135 Å². The van der Waals surface area contributed by atoms with Gasteiger partial charge in [-0.3, -0.25) is 0 Å². The summed E-state index contributed by atoms with van der Waals surface area (Å²) in [5, 5.41) is 8.18. The van der Waals surface area contributed by atoms with Crippen LogP contribution in [0.3, 0.4) is 0 Å². The first kappa shape index (κ1) is 16.0. The first-order valence-corrected chi connectivity index (χ1v) is 7.07. The number of nitrogens with two attached hydrogens (primary N) is 3. The second kappa shape index (κ2) is 8.19. The van der Waals surface area contributed by atoms with Crippen LogP contribution in [0.1, 0.15) is 0 Å². The highest BCUT2D eigenvalue weighted by molar-refractivity contribution is 5.48. The van der Waals surface area contributed by atoms with Gasteiger partial charge in [-0.2, -0.15) is 10.2 Å². The quantitative estimate of drug-likeness (QED) is 0.478. The molecule has 3 rings (SSSR count). The molecule has 0 aliphatic carbocycles. The van der Waals surface area contributed by atoms with Crippen LogP contribution in [0, 0.1) is 0 Å². The molecule has 5 nitrogen and oxygen atoms in total. The zero-order valence-corrected chi connectivity index (χ0v) is 12.6. The average molecular weight is 305 g/mol. The van der Waals surface area contributed by atoms with Crippen LogP contribution < -0.4 is 17.2 Å². The van der Waals surface area contributed by atoms with Crippen molar-refractivity contribution >= 4 is 28.4 Å². The van der Waals surface area contributed by atoms with Crippen molar-refractivity contribution in [1.82, 2.24) is 0 Å². The third-order valence-corrected chi connectivity index (χ3v) is 2.87. The van der Waals surface area contributed by atoms with Gasteiger partial charge in [-0.25, -0.2) is 0 Å². The van der Waals surface area contributed by atoms with Crippen LogP contribution in [-0.4, -0.2) is 0 Å². The molecule has 23 heavy (non-hydrogen) atoms. The lowest BCUT2D eigenvalue weighted by Gasteiger charge is -1.93. The molecule has 0 atom stereocenters. The molecule has 3 aromatic carbocycles. The fraction of sp³-hybridized carbons (Fsp3) is 0. The van der Waals surface area contributed by atoms with E-state index in [1.54, 1.807) is 36.4 Å². The van der Waals surface area contributed by atoms with E-state index >= 15 is 0 Å².